The first-order chi connectivity index (χ1) is 8.38. The van der Waals surface area contributed by atoms with Gasteiger partial charge >= 0.3 is 11.9 Å². The van der Waals surface area contributed by atoms with Crippen LogP contribution in [0.3, 0.4) is 0 Å². The standard InChI is InChI=1S/C11H19NO5S/c1-4-17-11(16)7(2)5-18-6-9(10(14)15)12-8(3)13/h7,9H,4-6H2,1-3H3,(H,12,13)(H,14,15)/t7?,9-/m0/s1. The molecule has 0 aromatic rings. The van der Waals surface area contributed by atoms with Gasteiger partial charge in [0, 0.05) is 18.4 Å². The van der Waals surface area contributed by atoms with Crippen LogP contribution in [0.25, 0.3) is 0 Å². The van der Waals surface area contributed by atoms with Crippen LogP contribution >= 0.6 is 11.8 Å². The lowest BCUT2D eigenvalue weighted by molar-refractivity contribution is -0.146. The van der Waals surface area contributed by atoms with Gasteiger partial charge in [0.1, 0.15) is 6.04 Å². The average molecular weight is 277 g/mol. The molecule has 0 saturated carbocycles. The summed E-state index contributed by atoms with van der Waals surface area (Å²) in [5.74, 6) is -1.37. The highest BCUT2D eigenvalue weighted by atomic mass is 32.2. The quantitative estimate of drug-likeness (QED) is 0.628. The maximum atomic E-state index is 11.3. The molecular weight excluding hydrogens is 258 g/mol. The Morgan fingerprint density at radius 2 is 1.94 bits per heavy atom. The van der Waals surface area contributed by atoms with Crippen LogP contribution in [0.5, 0.6) is 0 Å². The summed E-state index contributed by atoms with van der Waals surface area (Å²) in [5, 5.41) is 11.2. The fraction of sp³-hybridized carbons (Fsp3) is 0.727. The Morgan fingerprint density at radius 3 is 2.39 bits per heavy atom. The largest absolute Gasteiger partial charge is 0.480 e. The number of aliphatic carboxylic acids is 1. The minimum atomic E-state index is -1.08. The van der Waals surface area contributed by atoms with E-state index in [1.165, 1.54) is 18.7 Å². The van der Waals surface area contributed by atoms with Gasteiger partial charge < -0.3 is 15.2 Å². The third-order valence-electron chi connectivity index (χ3n) is 2.02. The lowest BCUT2D eigenvalue weighted by Gasteiger charge is -2.14. The van der Waals surface area contributed by atoms with Crippen molar-refractivity contribution in [1.29, 1.82) is 0 Å². The molecule has 0 aromatic heterocycles. The van der Waals surface area contributed by atoms with Gasteiger partial charge in [-0.05, 0) is 6.92 Å². The predicted molar refractivity (Wildman–Crippen MR) is 68.4 cm³/mol. The van der Waals surface area contributed by atoms with E-state index in [0.29, 0.717) is 12.4 Å². The highest BCUT2D eigenvalue weighted by Gasteiger charge is 2.20. The van der Waals surface area contributed by atoms with Crippen molar-refractivity contribution >= 4 is 29.6 Å². The van der Waals surface area contributed by atoms with Crippen LogP contribution in [-0.2, 0) is 19.1 Å². The number of ether oxygens (including phenoxy) is 1. The van der Waals surface area contributed by atoms with Crippen molar-refractivity contribution in [2.24, 2.45) is 5.92 Å². The molecule has 0 rings (SSSR count). The minimum Gasteiger partial charge on any atom is -0.480 e. The van der Waals surface area contributed by atoms with Crippen molar-refractivity contribution in [3.05, 3.63) is 0 Å². The maximum absolute atomic E-state index is 11.3. The fourth-order valence-corrected chi connectivity index (χ4v) is 2.22. The highest BCUT2D eigenvalue weighted by molar-refractivity contribution is 7.99. The topological polar surface area (TPSA) is 92.7 Å². The number of carboxylic acid groups (broad SMARTS) is 1. The SMILES string of the molecule is CCOC(=O)C(C)CSC[C@H](NC(C)=O)C(=O)O. The molecule has 0 aliphatic rings. The first kappa shape index (κ1) is 16.8. The van der Waals surface area contributed by atoms with Gasteiger partial charge in [0.15, 0.2) is 0 Å². The van der Waals surface area contributed by atoms with Crippen LogP contribution in [0.15, 0.2) is 0 Å². The van der Waals surface area contributed by atoms with Gasteiger partial charge in [-0.1, -0.05) is 6.92 Å². The molecule has 0 aromatic carbocycles. The van der Waals surface area contributed by atoms with Crippen molar-refractivity contribution in [1.82, 2.24) is 5.32 Å². The normalized spacial score (nSPS) is 13.5. The molecule has 0 saturated heterocycles. The molecule has 0 spiro atoms. The van der Waals surface area contributed by atoms with Crippen molar-refractivity contribution in [2.45, 2.75) is 26.8 Å². The van der Waals surface area contributed by atoms with Crippen LogP contribution < -0.4 is 5.32 Å². The summed E-state index contributed by atoms with van der Waals surface area (Å²) < 4.78 is 4.83. The molecule has 0 radical (unpaired) electrons. The zero-order chi connectivity index (χ0) is 14.1. The van der Waals surface area contributed by atoms with E-state index in [9.17, 15) is 14.4 Å². The summed E-state index contributed by atoms with van der Waals surface area (Å²) >= 11 is 1.30. The van der Waals surface area contributed by atoms with Gasteiger partial charge in [-0.2, -0.15) is 11.8 Å². The third kappa shape index (κ3) is 7.16. The lowest BCUT2D eigenvalue weighted by atomic mass is 10.2. The first-order valence-electron chi connectivity index (χ1n) is 5.62. The molecule has 0 heterocycles. The Morgan fingerprint density at radius 1 is 1.33 bits per heavy atom. The molecule has 6 nitrogen and oxygen atoms in total. The van der Waals surface area contributed by atoms with Crippen molar-refractivity contribution < 1.29 is 24.2 Å². The van der Waals surface area contributed by atoms with E-state index >= 15 is 0 Å². The molecule has 0 bridgehead atoms. The Kier molecular flexibility index (Phi) is 8.19. The predicted octanol–water partition coefficient (Wildman–Crippen LogP) is 0.508. The van der Waals surface area contributed by atoms with Crippen molar-refractivity contribution in [3.8, 4) is 0 Å². The van der Waals surface area contributed by atoms with Crippen LogP contribution in [0.1, 0.15) is 20.8 Å². The summed E-state index contributed by atoms with van der Waals surface area (Å²) in [4.78, 5) is 32.9. The summed E-state index contributed by atoms with van der Waals surface area (Å²) in [7, 11) is 0. The number of esters is 1. The van der Waals surface area contributed by atoms with Crippen LogP contribution in [0.2, 0.25) is 0 Å². The number of hydrogen-bond acceptors (Lipinski definition) is 5. The number of amides is 1. The minimum absolute atomic E-state index is 0.221. The number of hydrogen-bond donors (Lipinski definition) is 2. The Labute approximate surface area is 110 Å². The van der Waals surface area contributed by atoms with Gasteiger partial charge in [-0.25, -0.2) is 4.79 Å². The number of rotatable bonds is 8. The summed E-state index contributed by atoms with van der Waals surface area (Å²) in [5.41, 5.74) is 0. The monoisotopic (exact) mass is 277 g/mol. The zero-order valence-corrected chi connectivity index (χ0v) is 11.6. The van der Waals surface area contributed by atoms with E-state index in [1.807, 2.05) is 0 Å². The molecule has 18 heavy (non-hydrogen) atoms. The number of nitrogens with one attached hydrogen (secondary N) is 1. The van der Waals surface area contributed by atoms with Crippen LogP contribution in [0, 0.1) is 5.92 Å². The van der Waals surface area contributed by atoms with Gasteiger partial charge in [0.2, 0.25) is 5.91 Å². The zero-order valence-electron chi connectivity index (χ0n) is 10.8. The van der Waals surface area contributed by atoms with Gasteiger partial charge in [0.05, 0.1) is 12.5 Å². The molecule has 0 fully saturated rings. The van der Waals surface area contributed by atoms with Crippen molar-refractivity contribution in [2.75, 3.05) is 18.1 Å². The molecule has 7 heteroatoms. The number of carbonyl (C=O) groups is 3. The van der Waals surface area contributed by atoms with E-state index in [1.54, 1.807) is 13.8 Å². The molecule has 0 aliphatic heterocycles. The third-order valence-corrected chi connectivity index (χ3v) is 3.32. The molecule has 0 aliphatic carbocycles. The molecular formula is C11H19NO5S. The second kappa shape index (κ2) is 8.79. The van der Waals surface area contributed by atoms with E-state index in [2.05, 4.69) is 5.32 Å². The molecule has 2 atom stereocenters. The van der Waals surface area contributed by atoms with E-state index in [4.69, 9.17) is 9.84 Å². The summed E-state index contributed by atoms with van der Waals surface area (Å²) in [6, 6.07) is -0.929. The smallest absolute Gasteiger partial charge is 0.327 e. The lowest BCUT2D eigenvalue weighted by Crippen LogP contribution is -2.41. The number of carboxylic acids is 1. The first-order valence-corrected chi connectivity index (χ1v) is 6.78. The van der Waals surface area contributed by atoms with E-state index in [0.717, 1.165) is 0 Å². The average Bonchev–Trinajstić information content (AvgIpc) is 2.27. The highest BCUT2D eigenvalue weighted by Crippen LogP contribution is 2.11. The van der Waals surface area contributed by atoms with E-state index < -0.39 is 12.0 Å². The molecule has 104 valence electrons. The maximum Gasteiger partial charge on any atom is 0.327 e. The number of thioether (sulfide) groups is 1. The van der Waals surface area contributed by atoms with E-state index in [-0.39, 0.29) is 23.5 Å². The molecule has 1 unspecified atom stereocenters. The van der Waals surface area contributed by atoms with Gasteiger partial charge in [-0.3, -0.25) is 9.59 Å². The summed E-state index contributed by atoms with van der Waals surface area (Å²) in [6.07, 6.45) is 0. The number of carbonyl (C=O) groups excluding carboxylic acids is 2. The molecule has 1 amide bonds. The van der Waals surface area contributed by atoms with Gasteiger partial charge in [0.25, 0.3) is 0 Å². The Balaban J connectivity index is 4.02. The second-order valence-electron chi connectivity index (χ2n) is 3.78. The molecule has 2 N–H and O–H groups in total. The summed E-state index contributed by atoms with van der Waals surface area (Å²) in [6.45, 7) is 5.05. The second-order valence-corrected chi connectivity index (χ2v) is 4.86. The Hall–Kier alpha value is -1.24. The van der Waals surface area contributed by atoms with Gasteiger partial charge in [-0.15, -0.1) is 0 Å². The van der Waals surface area contributed by atoms with Crippen molar-refractivity contribution in [3.63, 3.8) is 0 Å². The Bertz CT molecular complexity index is 308. The van der Waals surface area contributed by atoms with Crippen LogP contribution in [0.4, 0.5) is 0 Å². The van der Waals surface area contributed by atoms with Crippen LogP contribution in [-0.4, -0.2) is 47.1 Å². The fourth-order valence-electron chi connectivity index (χ4n) is 1.14.